The van der Waals surface area contributed by atoms with Crippen LogP contribution >= 0.6 is 0 Å². The number of aldehydes is 1. The molecule has 0 aliphatic rings. The number of nitrogens with zero attached hydrogens (tertiary/aromatic N) is 2. The second-order valence-electron chi connectivity index (χ2n) is 4.33. The van der Waals surface area contributed by atoms with Crippen molar-refractivity contribution in [1.82, 2.24) is 9.78 Å². The zero-order valence-corrected chi connectivity index (χ0v) is 10.6. The molecule has 0 atom stereocenters. The van der Waals surface area contributed by atoms with Crippen molar-refractivity contribution in [3.8, 4) is 11.8 Å². The molecule has 1 rings (SSSR count). The monoisotopic (exact) mass is 239 g/mol. The first kappa shape index (κ1) is 13.5. The van der Waals surface area contributed by atoms with Crippen molar-refractivity contribution in [3.05, 3.63) is 5.56 Å². The minimum Gasteiger partial charge on any atom is -0.858 e. The highest BCUT2D eigenvalue weighted by Crippen LogP contribution is 2.23. The summed E-state index contributed by atoms with van der Waals surface area (Å²) in [5.41, 5.74) is 0.0244. The minimum absolute atomic E-state index is 0.0244. The van der Waals surface area contributed by atoms with Gasteiger partial charge in [-0.2, -0.15) is 0 Å². The maximum atomic E-state index is 11.8. The van der Waals surface area contributed by atoms with Gasteiger partial charge >= 0.3 is 0 Å². The lowest BCUT2D eigenvalue weighted by molar-refractivity contribution is -0.280. The molecule has 0 saturated carbocycles. The average molecular weight is 239 g/mol. The van der Waals surface area contributed by atoms with Gasteiger partial charge in [0.15, 0.2) is 6.29 Å². The van der Waals surface area contributed by atoms with E-state index in [0.717, 1.165) is 12.8 Å². The van der Waals surface area contributed by atoms with Crippen molar-refractivity contribution >= 4 is 6.29 Å². The summed E-state index contributed by atoms with van der Waals surface area (Å²) in [5, 5.41) is 15.8. The Morgan fingerprint density at radius 2 is 2.24 bits per heavy atom. The molecular formula is C12H19N2O3-. The predicted octanol–water partition coefficient (Wildman–Crippen LogP) is 1.60. The second kappa shape index (κ2) is 6.27. The lowest BCUT2D eigenvalue weighted by Crippen LogP contribution is -2.07. The largest absolute Gasteiger partial charge is 0.858 e. The van der Waals surface area contributed by atoms with Crippen LogP contribution in [0.4, 0.5) is 0 Å². The van der Waals surface area contributed by atoms with Crippen LogP contribution in [0, 0.1) is 5.92 Å². The number of rotatable bonds is 7. The number of carbonyl (C=O) groups is 1. The van der Waals surface area contributed by atoms with Gasteiger partial charge in [0.2, 0.25) is 5.88 Å². The minimum atomic E-state index is -0.354. The molecule has 0 amide bonds. The summed E-state index contributed by atoms with van der Waals surface area (Å²) < 4.78 is 6.47. The Kier molecular flexibility index (Phi) is 5.00. The Hall–Kier alpha value is -1.52. The van der Waals surface area contributed by atoms with Gasteiger partial charge < -0.3 is 9.84 Å². The third kappa shape index (κ3) is 3.47. The molecule has 0 fully saturated rings. The molecule has 1 aromatic rings. The number of ether oxygens (including phenoxy) is 1. The molecule has 0 radical (unpaired) electrons. The van der Waals surface area contributed by atoms with Gasteiger partial charge in [-0.15, -0.1) is 5.10 Å². The smallest absolute Gasteiger partial charge is 0.242 e. The molecular weight excluding hydrogens is 220 g/mol. The maximum absolute atomic E-state index is 11.8. The standard InChI is InChI=1S/C12H20N2O3/c1-4-17-11-10(8-15)12(16)14(13-11)7-5-6-9(2)3/h8-9,16H,4-7H2,1-3H3/p-1. The maximum Gasteiger partial charge on any atom is 0.242 e. The zero-order chi connectivity index (χ0) is 12.8. The number of hydrogen-bond donors (Lipinski definition) is 0. The predicted molar refractivity (Wildman–Crippen MR) is 62.3 cm³/mol. The van der Waals surface area contributed by atoms with Gasteiger partial charge in [0.25, 0.3) is 0 Å². The van der Waals surface area contributed by atoms with Crippen LogP contribution in [0.3, 0.4) is 0 Å². The van der Waals surface area contributed by atoms with Gasteiger partial charge in [-0.25, -0.2) is 0 Å². The first-order valence-corrected chi connectivity index (χ1v) is 5.95. The van der Waals surface area contributed by atoms with Crippen molar-refractivity contribution in [2.24, 2.45) is 5.92 Å². The lowest BCUT2D eigenvalue weighted by Gasteiger charge is -2.11. The van der Waals surface area contributed by atoms with Crippen LogP contribution in [0.15, 0.2) is 0 Å². The molecule has 0 unspecified atom stereocenters. The summed E-state index contributed by atoms with van der Waals surface area (Å²) in [5.74, 6) is 0.391. The van der Waals surface area contributed by atoms with Crippen molar-refractivity contribution < 1.29 is 14.6 Å². The van der Waals surface area contributed by atoms with E-state index in [-0.39, 0.29) is 17.3 Å². The molecule has 1 heterocycles. The Morgan fingerprint density at radius 3 is 2.76 bits per heavy atom. The molecule has 0 saturated heterocycles. The zero-order valence-electron chi connectivity index (χ0n) is 10.6. The fourth-order valence-corrected chi connectivity index (χ4v) is 1.58. The summed E-state index contributed by atoms with van der Waals surface area (Å²) in [6.45, 7) is 6.97. The van der Waals surface area contributed by atoms with Crippen molar-refractivity contribution in [3.63, 3.8) is 0 Å². The van der Waals surface area contributed by atoms with E-state index in [9.17, 15) is 9.90 Å². The Morgan fingerprint density at radius 1 is 1.53 bits per heavy atom. The van der Waals surface area contributed by atoms with E-state index in [1.54, 1.807) is 6.92 Å². The summed E-state index contributed by atoms with van der Waals surface area (Å²) in [6.07, 6.45) is 2.41. The quantitative estimate of drug-likeness (QED) is 0.678. The SMILES string of the molecule is CCOc1nn(CCCC(C)C)c([O-])c1C=O. The van der Waals surface area contributed by atoms with Gasteiger partial charge in [0, 0.05) is 6.54 Å². The number of aromatic nitrogens is 2. The van der Waals surface area contributed by atoms with Crippen LogP contribution in [0.25, 0.3) is 0 Å². The highest BCUT2D eigenvalue weighted by atomic mass is 16.5. The molecule has 17 heavy (non-hydrogen) atoms. The van der Waals surface area contributed by atoms with Gasteiger partial charge in [-0.3, -0.25) is 9.48 Å². The van der Waals surface area contributed by atoms with Crippen LogP contribution in [0.2, 0.25) is 0 Å². The normalized spacial score (nSPS) is 10.8. The summed E-state index contributed by atoms with van der Waals surface area (Å²) in [7, 11) is 0. The van der Waals surface area contributed by atoms with E-state index in [1.165, 1.54) is 4.68 Å². The molecule has 0 aromatic carbocycles. The summed E-state index contributed by atoms with van der Waals surface area (Å²) in [4.78, 5) is 10.8. The van der Waals surface area contributed by atoms with Crippen molar-refractivity contribution in [2.45, 2.75) is 40.2 Å². The molecule has 0 aliphatic heterocycles. The highest BCUT2D eigenvalue weighted by Gasteiger charge is 2.11. The first-order chi connectivity index (χ1) is 8.10. The molecule has 0 aliphatic carbocycles. The lowest BCUT2D eigenvalue weighted by atomic mass is 10.1. The third-order valence-electron chi connectivity index (χ3n) is 2.46. The molecule has 0 N–H and O–H groups in total. The van der Waals surface area contributed by atoms with Gasteiger partial charge in [-0.05, 0) is 31.6 Å². The summed E-state index contributed by atoms with van der Waals surface area (Å²) in [6, 6.07) is 0. The summed E-state index contributed by atoms with van der Waals surface area (Å²) >= 11 is 0. The van der Waals surface area contributed by atoms with Crippen LogP contribution in [0.1, 0.15) is 44.0 Å². The Labute approximate surface area is 101 Å². The van der Waals surface area contributed by atoms with E-state index in [0.29, 0.717) is 25.4 Å². The highest BCUT2D eigenvalue weighted by molar-refractivity contribution is 5.81. The van der Waals surface area contributed by atoms with Gasteiger partial charge in [0.05, 0.1) is 12.2 Å². The van der Waals surface area contributed by atoms with Crippen LogP contribution in [-0.4, -0.2) is 22.7 Å². The molecule has 0 spiro atoms. The number of carbonyl (C=O) groups excluding carboxylic acids is 1. The van der Waals surface area contributed by atoms with Crippen LogP contribution < -0.4 is 9.84 Å². The molecule has 5 nitrogen and oxygen atoms in total. The van der Waals surface area contributed by atoms with E-state index in [2.05, 4.69) is 18.9 Å². The molecule has 5 heteroatoms. The van der Waals surface area contributed by atoms with Crippen molar-refractivity contribution in [2.75, 3.05) is 6.61 Å². The molecule has 96 valence electrons. The van der Waals surface area contributed by atoms with E-state index in [1.807, 2.05) is 0 Å². The van der Waals surface area contributed by atoms with E-state index >= 15 is 0 Å². The Bertz CT molecular complexity index is 372. The first-order valence-electron chi connectivity index (χ1n) is 5.95. The van der Waals surface area contributed by atoms with Gasteiger partial charge in [0.1, 0.15) is 0 Å². The number of aryl methyl sites for hydroxylation is 1. The third-order valence-corrected chi connectivity index (χ3v) is 2.46. The second-order valence-corrected chi connectivity index (χ2v) is 4.33. The van der Waals surface area contributed by atoms with Crippen LogP contribution in [0.5, 0.6) is 11.8 Å². The van der Waals surface area contributed by atoms with E-state index < -0.39 is 0 Å². The van der Waals surface area contributed by atoms with E-state index in [4.69, 9.17) is 4.74 Å². The fraction of sp³-hybridized carbons (Fsp3) is 0.667. The number of hydrogen-bond acceptors (Lipinski definition) is 4. The topological polar surface area (TPSA) is 67.2 Å². The molecule has 1 aromatic heterocycles. The fourth-order valence-electron chi connectivity index (χ4n) is 1.58. The average Bonchev–Trinajstić information content (AvgIpc) is 2.55. The van der Waals surface area contributed by atoms with Crippen LogP contribution in [-0.2, 0) is 6.54 Å². The Balaban J connectivity index is 2.75. The van der Waals surface area contributed by atoms with Crippen molar-refractivity contribution in [1.29, 1.82) is 0 Å². The van der Waals surface area contributed by atoms with Gasteiger partial charge in [-0.1, -0.05) is 13.8 Å². The molecule has 0 bridgehead atoms.